The topological polar surface area (TPSA) is 49.4 Å². The number of likely N-dealkylation sites (tertiary alicyclic amines) is 1. The van der Waals surface area contributed by atoms with Crippen LogP contribution in [0.4, 0.5) is 26.3 Å². The molecule has 1 atom stereocenters. The van der Waals surface area contributed by atoms with E-state index in [2.05, 4.69) is 5.32 Å². The third-order valence-corrected chi connectivity index (χ3v) is 4.91. The van der Waals surface area contributed by atoms with E-state index in [1.54, 1.807) is 4.90 Å². The Hall–Kier alpha value is -3.04. The number of hydrogen-bond donors (Lipinski definition) is 1. The van der Waals surface area contributed by atoms with Gasteiger partial charge in [-0.3, -0.25) is 9.59 Å². The van der Waals surface area contributed by atoms with Crippen LogP contribution in [0.3, 0.4) is 0 Å². The van der Waals surface area contributed by atoms with Crippen LogP contribution in [0.1, 0.15) is 33.5 Å². The van der Waals surface area contributed by atoms with Gasteiger partial charge in [0.1, 0.15) is 0 Å². The van der Waals surface area contributed by atoms with Crippen molar-refractivity contribution in [3.63, 3.8) is 0 Å². The van der Waals surface area contributed by atoms with Gasteiger partial charge in [0.2, 0.25) is 5.91 Å². The molecule has 0 bridgehead atoms. The second kappa shape index (κ2) is 8.60. The number of carbonyl (C=O) groups is 2. The molecular weight excluding hydrogens is 426 g/mol. The molecule has 2 amide bonds. The molecule has 1 aliphatic rings. The fraction of sp³-hybridized carbons (Fsp3) is 0.333. The molecule has 4 nitrogen and oxygen atoms in total. The molecule has 0 aliphatic carbocycles. The van der Waals surface area contributed by atoms with Gasteiger partial charge >= 0.3 is 12.4 Å². The number of benzene rings is 2. The van der Waals surface area contributed by atoms with Gasteiger partial charge in [0.15, 0.2) is 0 Å². The Bertz CT molecular complexity index is 924. The maximum Gasteiger partial charge on any atom is 0.416 e. The van der Waals surface area contributed by atoms with Gasteiger partial charge < -0.3 is 10.2 Å². The molecule has 1 unspecified atom stereocenters. The molecule has 0 radical (unpaired) electrons. The lowest BCUT2D eigenvalue weighted by atomic mass is 10.0. The number of alkyl halides is 6. The van der Waals surface area contributed by atoms with Crippen molar-refractivity contribution in [3.05, 3.63) is 70.8 Å². The van der Waals surface area contributed by atoms with Crippen LogP contribution >= 0.6 is 0 Å². The number of nitrogens with zero attached hydrogens (tertiary/aromatic N) is 1. The average molecular weight is 444 g/mol. The van der Waals surface area contributed by atoms with E-state index in [1.807, 2.05) is 30.3 Å². The zero-order valence-corrected chi connectivity index (χ0v) is 16.1. The fourth-order valence-electron chi connectivity index (χ4n) is 3.37. The van der Waals surface area contributed by atoms with Gasteiger partial charge in [-0.05, 0) is 23.8 Å². The minimum absolute atomic E-state index is 0.0339. The lowest BCUT2D eigenvalue weighted by Gasteiger charge is -2.17. The van der Waals surface area contributed by atoms with Crippen molar-refractivity contribution in [3.8, 4) is 0 Å². The molecule has 0 aromatic heterocycles. The quantitative estimate of drug-likeness (QED) is 0.691. The first-order valence-electron chi connectivity index (χ1n) is 9.33. The highest BCUT2D eigenvalue weighted by Gasteiger charge is 2.37. The van der Waals surface area contributed by atoms with Gasteiger partial charge in [-0.15, -0.1) is 0 Å². The van der Waals surface area contributed by atoms with Crippen LogP contribution in [0, 0.1) is 5.92 Å². The summed E-state index contributed by atoms with van der Waals surface area (Å²) < 4.78 is 77.7. The smallest absolute Gasteiger partial charge is 0.352 e. The normalized spacial score (nSPS) is 17.2. The summed E-state index contributed by atoms with van der Waals surface area (Å²) in [6.07, 6.45) is -9.94. The number of hydrogen-bond acceptors (Lipinski definition) is 2. The van der Waals surface area contributed by atoms with Crippen molar-refractivity contribution in [2.75, 3.05) is 13.1 Å². The van der Waals surface area contributed by atoms with Gasteiger partial charge in [0, 0.05) is 37.5 Å². The number of halogens is 6. The standard InChI is InChI=1S/C21H18F6N2O2/c22-20(23,24)16-7-15(8-17(9-16)21(25,26)27)19(31)28-10-14-6-18(30)29(12-14)11-13-4-2-1-3-5-13/h1-5,7-9,14H,6,10-12H2,(H,28,31). The van der Waals surface area contributed by atoms with Crippen LogP contribution in [0.15, 0.2) is 48.5 Å². The van der Waals surface area contributed by atoms with Gasteiger partial charge in [0.25, 0.3) is 5.91 Å². The minimum atomic E-state index is -5.04. The molecule has 1 N–H and O–H groups in total. The number of carbonyl (C=O) groups excluding carboxylic acids is 2. The van der Waals surface area contributed by atoms with Crippen LogP contribution in [0.5, 0.6) is 0 Å². The summed E-state index contributed by atoms with van der Waals surface area (Å²) in [6, 6.07) is 9.94. The molecule has 1 saturated heterocycles. The van der Waals surface area contributed by atoms with Crippen molar-refractivity contribution >= 4 is 11.8 Å². The minimum Gasteiger partial charge on any atom is -0.352 e. The number of amides is 2. The summed E-state index contributed by atoms with van der Waals surface area (Å²) in [5.74, 6) is -1.50. The Kier molecular flexibility index (Phi) is 6.28. The first-order valence-corrected chi connectivity index (χ1v) is 9.33. The van der Waals surface area contributed by atoms with Gasteiger partial charge in [-0.25, -0.2) is 0 Å². The van der Waals surface area contributed by atoms with Gasteiger partial charge in [-0.2, -0.15) is 26.3 Å². The molecule has 3 rings (SSSR count). The van der Waals surface area contributed by atoms with Crippen LogP contribution in [0.25, 0.3) is 0 Å². The van der Waals surface area contributed by atoms with Crippen molar-refractivity contribution in [1.29, 1.82) is 0 Å². The Morgan fingerprint density at radius 2 is 1.55 bits per heavy atom. The first kappa shape index (κ1) is 22.6. The third-order valence-electron chi connectivity index (χ3n) is 4.91. The largest absolute Gasteiger partial charge is 0.416 e. The van der Waals surface area contributed by atoms with E-state index < -0.39 is 35.0 Å². The maximum atomic E-state index is 13.0. The van der Waals surface area contributed by atoms with E-state index in [9.17, 15) is 35.9 Å². The Morgan fingerprint density at radius 3 is 2.10 bits per heavy atom. The zero-order chi connectivity index (χ0) is 22.8. The molecule has 1 heterocycles. The molecule has 0 saturated carbocycles. The molecule has 2 aromatic rings. The number of nitrogens with one attached hydrogen (secondary N) is 1. The van der Waals surface area contributed by atoms with Gasteiger partial charge in [-0.1, -0.05) is 30.3 Å². The first-order chi connectivity index (χ1) is 14.4. The van der Waals surface area contributed by atoms with Crippen LogP contribution in [-0.2, 0) is 23.7 Å². The summed E-state index contributed by atoms with van der Waals surface area (Å²) in [5, 5.41) is 2.35. The van der Waals surface area contributed by atoms with Crippen molar-refractivity contribution < 1.29 is 35.9 Å². The maximum absolute atomic E-state index is 13.0. The lowest BCUT2D eigenvalue weighted by Crippen LogP contribution is -2.31. The molecule has 10 heteroatoms. The molecule has 31 heavy (non-hydrogen) atoms. The molecular formula is C21H18F6N2O2. The summed E-state index contributed by atoms with van der Waals surface area (Å²) >= 11 is 0. The summed E-state index contributed by atoms with van der Waals surface area (Å²) in [6.45, 7) is 0.657. The summed E-state index contributed by atoms with van der Waals surface area (Å²) in [4.78, 5) is 26.0. The van der Waals surface area contributed by atoms with Crippen LogP contribution in [-0.4, -0.2) is 29.8 Å². The van der Waals surface area contributed by atoms with E-state index in [0.717, 1.165) is 5.56 Å². The SMILES string of the molecule is O=C(NCC1CC(=O)N(Cc2ccccc2)C1)c1cc(C(F)(F)F)cc(C(F)(F)F)c1. The Morgan fingerprint density at radius 1 is 0.968 bits per heavy atom. The summed E-state index contributed by atoms with van der Waals surface area (Å²) in [7, 11) is 0. The second-order valence-electron chi connectivity index (χ2n) is 7.33. The highest BCUT2D eigenvalue weighted by molar-refractivity contribution is 5.94. The highest BCUT2D eigenvalue weighted by atomic mass is 19.4. The van der Waals surface area contributed by atoms with Crippen molar-refractivity contribution in [2.24, 2.45) is 5.92 Å². The van der Waals surface area contributed by atoms with E-state index in [4.69, 9.17) is 0 Å². The van der Waals surface area contributed by atoms with Crippen molar-refractivity contribution in [1.82, 2.24) is 10.2 Å². The van der Waals surface area contributed by atoms with Crippen LogP contribution in [0.2, 0.25) is 0 Å². The zero-order valence-electron chi connectivity index (χ0n) is 16.1. The second-order valence-corrected chi connectivity index (χ2v) is 7.33. The third kappa shape index (κ3) is 5.77. The predicted octanol–water partition coefficient (Wildman–Crippen LogP) is 4.50. The van der Waals surface area contributed by atoms with E-state index in [-0.39, 0.29) is 30.9 Å². The lowest BCUT2D eigenvalue weighted by molar-refractivity contribution is -0.143. The molecule has 2 aromatic carbocycles. The number of rotatable bonds is 5. The highest BCUT2D eigenvalue weighted by Crippen LogP contribution is 2.36. The van der Waals surface area contributed by atoms with E-state index in [1.165, 1.54) is 0 Å². The molecule has 166 valence electrons. The Labute approximate surface area is 173 Å². The van der Waals surface area contributed by atoms with Crippen molar-refractivity contribution in [2.45, 2.75) is 25.3 Å². The molecule has 1 fully saturated rings. The fourth-order valence-corrected chi connectivity index (χ4v) is 3.37. The van der Waals surface area contributed by atoms with E-state index >= 15 is 0 Å². The van der Waals surface area contributed by atoms with Gasteiger partial charge in [0.05, 0.1) is 11.1 Å². The average Bonchev–Trinajstić information content (AvgIpc) is 3.04. The van der Waals surface area contributed by atoms with E-state index in [0.29, 0.717) is 25.2 Å². The monoisotopic (exact) mass is 444 g/mol. The van der Waals surface area contributed by atoms with Crippen LogP contribution < -0.4 is 5.32 Å². The molecule has 1 aliphatic heterocycles. The predicted molar refractivity (Wildman–Crippen MR) is 98.7 cm³/mol. The summed E-state index contributed by atoms with van der Waals surface area (Å²) in [5.41, 5.74) is -2.94. The Balaban J connectivity index is 1.66. The molecule has 0 spiro atoms.